The molecule has 6 nitrogen and oxygen atoms in total. The molecule has 0 radical (unpaired) electrons. The fraction of sp³-hybridized carbons (Fsp3) is 0.357. The zero-order valence-corrected chi connectivity index (χ0v) is 11.6. The molecule has 0 spiro atoms. The minimum absolute atomic E-state index is 0.505. The zero-order chi connectivity index (χ0) is 13.9. The van der Waals surface area contributed by atoms with Gasteiger partial charge in [-0.2, -0.15) is 5.10 Å². The number of likely N-dealkylation sites (tertiary alicyclic amines) is 1. The summed E-state index contributed by atoms with van der Waals surface area (Å²) in [6.45, 7) is 1.96. The van der Waals surface area contributed by atoms with Crippen molar-refractivity contribution in [1.29, 1.82) is 0 Å². The number of nitrogens with zero attached hydrogens (tertiary/aromatic N) is 5. The number of aryl methyl sites for hydroxylation is 1. The highest BCUT2D eigenvalue weighted by Gasteiger charge is 2.13. The second-order valence-corrected chi connectivity index (χ2v) is 4.98. The molecular weight excluding hydrogens is 252 g/mol. The van der Waals surface area contributed by atoms with Crippen LogP contribution in [0.3, 0.4) is 0 Å². The number of pyridine rings is 1. The number of fused-ring (bicyclic) bond motifs is 1. The van der Waals surface area contributed by atoms with Crippen LogP contribution >= 0.6 is 0 Å². The van der Waals surface area contributed by atoms with E-state index in [1.807, 2.05) is 31.6 Å². The molecule has 0 unspecified atom stereocenters. The summed E-state index contributed by atoms with van der Waals surface area (Å²) < 4.78 is 4.11. The van der Waals surface area contributed by atoms with Crippen molar-refractivity contribution in [3.8, 4) is 0 Å². The molecule has 1 aliphatic rings. The Bertz CT molecular complexity index is 663. The summed E-state index contributed by atoms with van der Waals surface area (Å²) in [6, 6.07) is 6.07. The molecule has 0 bridgehead atoms. The third-order valence-corrected chi connectivity index (χ3v) is 3.65. The van der Waals surface area contributed by atoms with Gasteiger partial charge in [0.25, 0.3) is 5.65 Å². The van der Waals surface area contributed by atoms with E-state index in [1.54, 1.807) is 6.21 Å². The standard InChI is InChI=1S/C14H19N6/c1-18-12(11-20-9-3-2-6-13(18)20)10-16-17-14(15)19-7-4-5-8-19/h2-3,6,9-11H,4-5,7-8H2,1H3,(H2,15,17)/q+1. The maximum Gasteiger partial charge on any atom is 0.286 e. The topological polar surface area (TPSA) is 63.0 Å². The third-order valence-electron chi connectivity index (χ3n) is 3.65. The minimum Gasteiger partial charge on any atom is -0.368 e. The van der Waals surface area contributed by atoms with Crippen molar-refractivity contribution in [3.05, 3.63) is 36.3 Å². The van der Waals surface area contributed by atoms with Crippen molar-refractivity contribution in [2.75, 3.05) is 13.1 Å². The van der Waals surface area contributed by atoms with Gasteiger partial charge in [0, 0.05) is 19.2 Å². The van der Waals surface area contributed by atoms with E-state index in [4.69, 9.17) is 5.73 Å². The fourth-order valence-electron chi connectivity index (χ4n) is 2.48. The summed E-state index contributed by atoms with van der Waals surface area (Å²) in [5.41, 5.74) is 7.99. The average molecular weight is 271 g/mol. The lowest BCUT2D eigenvalue weighted by Crippen LogP contribution is -2.34. The van der Waals surface area contributed by atoms with Gasteiger partial charge in [-0.3, -0.25) is 0 Å². The van der Waals surface area contributed by atoms with Crippen LogP contribution in [-0.4, -0.2) is 34.7 Å². The monoisotopic (exact) mass is 271 g/mol. The number of nitrogens with two attached hydrogens (primary N) is 1. The average Bonchev–Trinajstić information content (AvgIpc) is 3.09. The van der Waals surface area contributed by atoms with Crippen molar-refractivity contribution in [2.45, 2.75) is 12.8 Å². The van der Waals surface area contributed by atoms with Gasteiger partial charge in [0.1, 0.15) is 12.4 Å². The first-order valence-electron chi connectivity index (χ1n) is 6.83. The van der Waals surface area contributed by atoms with Crippen molar-refractivity contribution in [1.82, 2.24) is 9.47 Å². The van der Waals surface area contributed by atoms with Crippen LogP contribution in [0.1, 0.15) is 18.5 Å². The smallest absolute Gasteiger partial charge is 0.286 e. The summed E-state index contributed by atoms with van der Waals surface area (Å²) in [4.78, 5) is 2.06. The van der Waals surface area contributed by atoms with Crippen molar-refractivity contribution in [3.63, 3.8) is 0 Å². The number of guanidine groups is 1. The van der Waals surface area contributed by atoms with Gasteiger partial charge < -0.3 is 10.6 Å². The molecule has 3 heterocycles. The van der Waals surface area contributed by atoms with E-state index in [1.165, 1.54) is 12.8 Å². The molecule has 1 saturated heterocycles. The lowest BCUT2D eigenvalue weighted by molar-refractivity contribution is -0.510. The Kier molecular flexibility index (Phi) is 3.37. The Morgan fingerprint density at radius 2 is 2.15 bits per heavy atom. The molecule has 6 heteroatoms. The summed E-state index contributed by atoms with van der Waals surface area (Å²) >= 11 is 0. The van der Waals surface area contributed by atoms with Gasteiger partial charge >= 0.3 is 0 Å². The first-order chi connectivity index (χ1) is 9.75. The molecular formula is C14H19N6+. The van der Waals surface area contributed by atoms with Gasteiger partial charge in [0.2, 0.25) is 5.96 Å². The second kappa shape index (κ2) is 5.32. The molecule has 0 aliphatic carbocycles. The van der Waals surface area contributed by atoms with Gasteiger partial charge in [-0.15, -0.1) is 5.10 Å². The lowest BCUT2D eigenvalue weighted by atomic mass is 10.4. The molecule has 0 atom stereocenters. The predicted octanol–water partition coefficient (Wildman–Crippen LogP) is 0.508. The van der Waals surface area contributed by atoms with Gasteiger partial charge in [-0.05, 0) is 18.9 Å². The van der Waals surface area contributed by atoms with Crippen LogP contribution in [0.2, 0.25) is 0 Å². The highest BCUT2D eigenvalue weighted by Crippen LogP contribution is 2.06. The van der Waals surface area contributed by atoms with E-state index in [-0.39, 0.29) is 0 Å². The van der Waals surface area contributed by atoms with Gasteiger partial charge in [-0.25, -0.2) is 8.97 Å². The van der Waals surface area contributed by atoms with E-state index in [0.717, 1.165) is 24.4 Å². The van der Waals surface area contributed by atoms with Crippen LogP contribution in [0, 0.1) is 0 Å². The molecule has 2 aromatic rings. The Balaban J connectivity index is 1.80. The SMILES string of the molecule is Cn1c(C=N/N=C(\N)N2CCCC2)c[n+]2ccccc12. The Hall–Kier alpha value is -2.37. The molecule has 0 saturated carbocycles. The molecule has 1 fully saturated rings. The van der Waals surface area contributed by atoms with E-state index >= 15 is 0 Å². The molecule has 2 aromatic heterocycles. The molecule has 0 aromatic carbocycles. The van der Waals surface area contributed by atoms with Crippen molar-refractivity contribution < 1.29 is 4.40 Å². The third kappa shape index (κ3) is 2.36. The molecule has 20 heavy (non-hydrogen) atoms. The fourth-order valence-corrected chi connectivity index (χ4v) is 2.48. The first kappa shape index (κ1) is 12.7. The van der Waals surface area contributed by atoms with Crippen LogP contribution < -0.4 is 10.1 Å². The summed E-state index contributed by atoms with van der Waals surface area (Å²) in [7, 11) is 2.00. The van der Waals surface area contributed by atoms with Crippen LogP contribution in [-0.2, 0) is 7.05 Å². The second-order valence-electron chi connectivity index (χ2n) is 4.98. The van der Waals surface area contributed by atoms with E-state index < -0.39 is 0 Å². The Morgan fingerprint density at radius 3 is 2.90 bits per heavy atom. The van der Waals surface area contributed by atoms with Gasteiger partial charge in [0.15, 0.2) is 5.69 Å². The van der Waals surface area contributed by atoms with Gasteiger partial charge in [0.05, 0.1) is 13.2 Å². The quantitative estimate of drug-likeness (QED) is 0.374. The van der Waals surface area contributed by atoms with Gasteiger partial charge in [-0.1, -0.05) is 6.07 Å². The number of hydrogen-bond acceptors (Lipinski definition) is 2. The molecule has 2 N–H and O–H groups in total. The molecule has 3 rings (SSSR count). The highest BCUT2D eigenvalue weighted by molar-refractivity contribution is 5.81. The first-order valence-corrected chi connectivity index (χ1v) is 6.83. The van der Waals surface area contributed by atoms with Crippen LogP contribution in [0.5, 0.6) is 0 Å². The van der Waals surface area contributed by atoms with Crippen molar-refractivity contribution >= 4 is 17.8 Å². The summed E-state index contributed by atoms with van der Waals surface area (Å²) in [5, 5.41) is 8.18. The molecule has 1 aliphatic heterocycles. The maximum atomic E-state index is 5.91. The summed E-state index contributed by atoms with van der Waals surface area (Å²) in [6.07, 6.45) is 8.12. The summed E-state index contributed by atoms with van der Waals surface area (Å²) in [5.74, 6) is 0.505. The van der Waals surface area contributed by atoms with Crippen LogP contribution in [0.25, 0.3) is 5.65 Å². The lowest BCUT2D eigenvalue weighted by Gasteiger charge is -2.13. The maximum absolute atomic E-state index is 5.91. The molecule has 104 valence electrons. The molecule has 0 amide bonds. The number of hydrogen-bond donors (Lipinski definition) is 1. The van der Waals surface area contributed by atoms with E-state index in [2.05, 4.69) is 30.1 Å². The highest BCUT2D eigenvalue weighted by atomic mass is 15.4. The normalized spacial score (nSPS) is 16.6. The van der Waals surface area contributed by atoms with Crippen molar-refractivity contribution in [2.24, 2.45) is 23.0 Å². The number of aromatic nitrogens is 2. The van der Waals surface area contributed by atoms with Crippen LogP contribution in [0.15, 0.2) is 40.8 Å². The Morgan fingerprint density at radius 1 is 1.35 bits per heavy atom. The zero-order valence-electron chi connectivity index (χ0n) is 11.6. The number of rotatable bonds is 2. The van der Waals surface area contributed by atoms with E-state index in [0.29, 0.717) is 5.96 Å². The minimum atomic E-state index is 0.505. The Labute approximate surface area is 117 Å². The predicted molar refractivity (Wildman–Crippen MR) is 78.6 cm³/mol. The van der Waals surface area contributed by atoms with Crippen LogP contribution in [0.4, 0.5) is 0 Å². The number of imidazole rings is 1. The largest absolute Gasteiger partial charge is 0.368 e. The van der Waals surface area contributed by atoms with E-state index in [9.17, 15) is 0 Å².